The summed E-state index contributed by atoms with van der Waals surface area (Å²) in [5.74, 6) is -0.574. The Morgan fingerprint density at radius 3 is 2.78 bits per heavy atom. The van der Waals surface area contributed by atoms with Crippen LogP contribution in [0.3, 0.4) is 0 Å². The molecule has 0 aliphatic carbocycles. The quantitative estimate of drug-likeness (QED) is 0.775. The third-order valence-electron chi connectivity index (χ3n) is 3.24. The van der Waals surface area contributed by atoms with Crippen molar-refractivity contribution in [2.75, 3.05) is 11.9 Å². The number of carbonyl (C=O) groups excluding carboxylic acids is 1. The van der Waals surface area contributed by atoms with E-state index < -0.39 is 5.97 Å². The van der Waals surface area contributed by atoms with Crippen LogP contribution >= 0.6 is 11.3 Å². The predicted octanol–water partition coefficient (Wildman–Crippen LogP) is 3.48. The van der Waals surface area contributed by atoms with E-state index in [2.05, 4.69) is 11.4 Å². The fourth-order valence-electron chi connectivity index (χ4n) is 2.10. The Balaban J connectivity index is 1.81. The molecule has 1 aromatic carbocycles. The molecule has 0 bridgehead atoms. The Labute approximate surface area is 138 Å². The topological polar surface area (TPSA) is 75.6 Å². The average Bonchev–Trinajstić information content (AvgIpc) is 3.01. The van der Waals surface area contributed by atoms with Gasteiger partial charge in [0, 0.05) is 17.0 Å². The SMILES string of the molecule is Cc1cc(OCC(=O)O)ccc1NC(=O)CCCc1cccs1. The molecule has 6 heteroatoms. The molecule has 0 saturated heterocycles. The van der Waals surface area contributed by atoms with E-state index in [-0.39, 0.29) is 12.5 Å². The van der Waals surface area contributed by atoms with E-state index in [1.165, 1.54) is 4.88 Å². The van der Waals surface area contributed by atoms with Crippen LogP contribution in [0.4, 0.5) is 5.69 Å². The van der Waals surface area contributed by atoms with Crippen LogP contribution in [-0.2, 0) is 16.0 Å². The van der Waals surface area contributed by atoms with Gasteiger partial charge in [0.15, 0.2) is 6.61 Å². The lowest BCUT2D eigenvalue weighted by atomic mass is 10.1. The highest BCUT2D eigenvalue weighted by Crippen LogP contribution is 2.22. The molecule has 0 aliphatic heterocycles. The van der Waals surface area contributed by atoms with Gasteiger partial charge < -0.3 is 15.2 Å². The maximum absolute atomic E-state index is 12.0. The first kappa shape index (κ1) is 17.0. The van der Waals surface area contributed by atoms with E-state index in [4.69, 9.17) is 9.84 Å². The number of anilines is 1. The number of aliphatic carboxylic acids is 1. The molecule has 5 nitrogen and oxygen atoms in total. The van der Waals surface area contributed by atoms with Gasteiger partial charge in [0.2, 0.25) is 5.91 Å². The monoisotopic (exact) mass is 333 g/mol. The van der Waals surface area contributed by atoms with Gasteiger partial charge in [-0.15, -0.1) is 11.3 Å². The second kappa shape index (κ2) is 8.33. The van der Waals surface area contributed by atoms with Gasteiger partial charge >= 0.3 is 5.97 Å². The van der Waals surface area contributed by atoms with Gasteiger partial charge in [0.1, 0.15) is 5.75 Å². The molecule has 0 radical (unpaired) electrons. The van der Waals surface area contributed by atoms with Crippen LogP contribution in [0.1, 0.15) is 23.3 Å². The van der Waals surface area contributed by atoms with Gasteiger partial charge in [-0.1, -0.05) is 6.07 Å². The summed E-state index contributed by atoms with van der Waals surface area (Å²) in [4.78, 5) is 23.7. The number of carboxylic acid groups (broad SMARTS) is 1. The maximum Gasteiger partial charge on any atom is 0.341 e. The molecule has 0 atom stereocenters. The summed E-state index contributed by atoms with van der Waals surface area (Å²) in [5, 5.41) is 13.5. The van der Waals surface area contributed by atoms with E-state index in [1.54, 1.807) is 29.5 Å². The van der Waals surface area contributed by atoms with Gasteiger partial charge in [0.05, 0.1) is 0 Å². The van der Waals surface area contributed by atoms with Crippen molar-refractivity contribution in [1.82, 2.24) is 0 Å². The number of aryl methyl sites for hydroxylation is 2. The van der Waals surface area contributed by atoms with Crippen molar-refractivity contribution in [2.24, 2.45) is 0 Å². The smallest absolute Gasteiger partial charge is 0.341 e. The van der Waals surface area contributed by atoms with Crippen molar-refractivity contribution in [3.8, 4) is 5.75 Å². The molecular formula is C17H19NO4S. The van der Waals surface area contributed by atoms with Crippen LogP contribution < -0.4 is 10.1 Å². The van der Waals surface area contributed by atoms with Crippen molar-refractivity contribution in [3.63, 3.8) is 0 Å². The predicted molar refractivity (Wildman–Crippen MR) is 90.2 cm³/mol. The number of benzene rings is 1. The number of thiophene rings is 1. The summed E-state index contributed by atoms with van der Waals surface area (Å²) in [5.41, 5.74) is 1.55. The molecule has 2 aromatic rings. The Bertz CT molecular complexity index is 667. The van der Waals surface area contributed by atoms with Gasteiger partial charge in [0.25, 0.3) is 0 Å². The van der Waals surface area contributed by atoms with Crippen LogP contribution in [0, 0.1) is 6.92 Å². The van der Waals surface area contributed by atoms with E-state index in [0.717, 1.165) is 18.4 Å². The molecule has 0 fully saturated rings. The van der Waals surface area contributed by atoms with Gasteiger partial charge in [-0.2, -0.15) is 0 Å². The van der Waals surface area contributed by atoms with Crippen molar-refractivity contribution in [1.29, 1.82) is 0 Å². The standard InChI is InChI=1S/C17H19NO4S/c1-12-10-13(22-11-17(20)21)7-8-15(12)18-16(19)6-2-4-14-5-3-9-23-14/h3,5,7-10H,2,4,6,11H2,1H3,(H,18,19)(H,20,21). The Kier molecular flexibility index (Phi) is 6.17. The minimum absolute atomic E-state index is 0.0242. The molecule has 0 aliphatic rings. The van der Waals surface area contributed by atoms with E-state index in [1.807, 2.05) is 18.4 Å². The fraction of sp³-hybridized carbons (Fsp3) is 0.294. The van der Waals surface area contributed by atoms with Gasteiger partial charge in [-0.05, 0) is 55.0 Å². The summed E-state index contributed by atoms with van der Waals surface area (Å²) in [6, 6.07) is 9.17. The van der Waals surface area contributed by atoms with Crippen molar-refractivity contribution in [2.45, 2.75) is 26.2 Å². The lowest BCUT2D eigenvalue weighted by Gasteiger charge is -2.10. The number of carbonyl (C=O) groups is 2. The Hall–Kier alpha value is -2.34. The molecular weight excluding hydrogens is 314 g/mol. The average molecular weight is 333 g/mol. The summed E-state index contributed by atoms with van der Waals surface area (Å²) >= 11 is 1.70. The van der Waals surface area contributed by atoms with Crippen LogP contribution in [0.5, 0.6) is 5.75 Å². The summed E-state index contributed by atoms with van der Waals surface area (Å²) in [6.45, 7) is 1.46. The highest BCUT2D eigenvalue weighted by Gasteiger charge is 2.07. The number of amides is 1. The van der Waals surface area contributed by atoms with E-state index in [9.17, 15) is 9.59 Å². The zero-order chi connectivity index (χ0) is 16.7. The first-order valence-electron chi connectivity index (χ1n) is 7.32. The second-order valence-electron chi connectivity index (χ2n) is 5.14. The Morgan fingerprint density at radius 1 is 1.30 bits per heavy atom. The van der Waals surface area contributed by atoms with Crippen molar-refractivity contribution in [3.05, 3.63) is 46.2 Å². The van der Waals surface area contributed by atoms with Gasteiger partial charge in [-0.25, -0.2) is 4.79 Å². The zero-order valence-corrected chi connectivity index (χ0v) is 13.7. The molecule has 2 N–H and O–H groups in total. The number of ether oxygens (including phenoxy) is 1. The largest absolute Gasteiger partial charge is 0.482 e. The molecule has 0 saturated carbocycles. The Morgan fingerprint density at radius 2 is 2.13 bits per heavy atom. The minimum Gasteiger partial charge on any atom is -0.482 e. The molecule has 1 aromatic heterocycles. The lowest BCUT2D eigenvalue weighted by Crippen LogP contribution is -2.13. The van der Waals surface area contributed by atoms with Crippen molar-refractivity contribution >= 4 is 28.9 Å². The highest BCUT2D eigenvalue weighted by molar-refractivity contribution is 7.09. The molecule has 1 heterocycles. The normalized spacial score (nSPS) is 10.3. The van der Waals surface area contributed by atoms with Gasteiger partial charge in [-0.3, -0.25) is 4.79 Å². The lowest BCUT2D eigenvalue weighted by molar-refractivity contribution is -0.139. The molecule has 0 unspecified atom stereocenters. The minimum atomic E-state index is -1.02. The summed E-state index contributed by atoms with van der Waals surface area (Å²) < 4.78 is 5.10. The van der Waals surface area contributed by atoms with Crippen LogP contribution in [0.2, 0.25) is 0 Å². The van der Waals surface area contributed by atoms with Crippen LogP contribution in [0.15, 0.2) is 35.7 Å². The summed E-state index contributed by atoms with van der Waals surface area (Å²) in [6.07, 6.45) is 2.19. The van der Waals surface area contributed by atoms with E-state index >= 15 is 0 Å². The molecule has 1 amide bonds. The molecule has 2 rings (SSSR count). The van der Waals surface area contributed by atoms with Crippen LogP contribution in [0.25, 0.3) is 0 Å². The molecule has 0 spiro atoms. The highest BCUT2D eigenvalue weighted by atomic mass is 32.1. The second-order valence-corrected chi connectivity index (χ2v) is 6.17. The third kappa shape index (κ3) is 5.75. The first-order chi connectivity index (χ1) is 11.0. The van der Waals surface area contributed by atoms with E-state index in [0.29, 0.717) is 17.9 Å². The fourth-order valence-corrected chi connectivity index (χ4v) is 2.85. The first-order valence-corrected chi connectivity index (χ1v) is 8.20. The molecule has 122 valence electrons. The molecule has 23 heavy (non-hydrogen) atoms. The van der Waals surface area contributed by atoms with Crippen molar-refractivity contribution < 1.29 is 19.4 Å². The number of nitrogens with one attached hydrogen (secondary N) is 1. The maximum atomic E-state index is 12.0. The van der Waals surface area contributed by atoms with Crippen LogP contribution in [-0.4, -0.2) is 23.6 Å². The zero-order valence-electron chi connectivity index (χ0n) is 12.9. The number of hydrogen-bond donors (Lipinski definition) is 2. The number of carboxylic acids is 1. The number of hydrogen-bond acceptors (Lipinski definition) is 4. The number of rotatable bonds is 8. The summed E-state index contributed by atoms with van der Waals surface area (Å²) in [7, 11) is 0. The third-order valence-corrected chi connectivity index (χ3v) is 4.18.